The normalized spacial score (nSPS) is 32.0. The van der Waals surface area contributed by atoms with Crippen molar-refractivity contribution in [3.8, 4) is 0 Å². The van der Waals surface area contributed by atoms with Gasteiger partial charge in [0, 0.05) is 32.2 Å². The Morgan fingerprint density at radius 3 is 2.61 bits per heavy atom. The Balaban J connectivity index is 1.55. The molecule has 1 unspecified atom stereocenters. The number of carbonyl (C=O) groups is 4. The molecule has 0 radical (unpaired) electrons. The number of nitrogens with zero attached hydrogens (tertiary/aromatic N) is 2. The van der Waals surface area contributed by atoms with Gasteiger partial charge in [0.15, 0.2) is 0 Å². The number of likely N-dealkylation sites (tertiary alicyclic amines) is 1. The van der Waals surface area contributed by atoms with E-state index in [1.165, 1.54) is 0 Å². The smallest absolute Gasteiger partial charge is 0.306 e. The summed E-state index contributed by atoms with van der Waals surface area (Å²) in [5.41, 5.74) is -0.546. The number of ether oxygens (including phenoxy) is 2. The maximum Gasteiger partial charge on any atom is 0.306 e. The van der Waals surface area contributed by atoms with E-state index in [1.807, 2.05) is 54.3 Å². The summed E-state index contributed by atoms with van der Waals surface area (Å²) in [6.07, 6.45) is 10.8. The Kier molecular flexibility index (Phi) is 10.2. The molecular weight excluding hydrogens is 562 g/mol. The lowest BCUT2D eigenvalue weighted by Gasteiger charge is -2.37. The van der Waals surface area contributed by atoms with Gasteiger partial charge in [0.1, 0.15) is 18.2 Å². The number of esters is 1. The number of unbranched alkanes of at least 4 members (excludes halogenated alkanes) is 2. The Bertz CT molecular complexity index is 1270. The Labute approximate surface area is 259 Å². The molecule has 238 valence electrons. The predicted octanol–water partition coefficient (Wildman–Crippen LogP) is 3.07. The molecule has 44 heavy (non-hydrogen) atoms. The number of nitrogens with one attached hydrogen (secondary N) is 1. The first-order chi connectivity index (χ1) is 21.3. The van der Waals surface area contributed by atoms with Gasteiger partial charge in [0.2, 0.25) is 17.7 Å². The largest absolute Gasteiger partial charge is 0.463 e. The van der Waals surface area contributed by atoms with E-state index < -0.39 is 35.6 Å². The van der Waals surface area contributed by atoms with Gasteiger partial charge < -0.3 is 29.7 Å². The van der Waals surface area contributed by atoms with E-state index in [0.29, 0.717) is 38.8 Å². The first-order valence-electron chi connectivity index (χ1n) is 16.1. The minimum absolute atomic E-state index is 0.0281. The second-order valence-corrected chi connectivity index (χ2v) is 12.3. The minimum Gasteiger partial charge on any atom is -0.463 e. The summed E-state index contributed by atoms with van der Waals surface area (Å²) in [5, 5.41) is 12.4. The summed E-state index contributed by atoms with van der Waals surface area (Å²) < 4.78 is 12.3. The maximum absolute atomic E-state index is 14.5. The zero-order valence-electron chi connectivity index (χ0n) is 25.7. The highest BCUT2D eigenvalue weighted by molar-refractivity contribution is 5.99. The predicted molar refractivity (Wildman–Crippen MR) is 163 cm³/mol. The molecule has 2 saturated heterocycles. The van der Waals surface area contributed by atoms with E-state index in [2.05, 4.69) is 12.2 Å². The molecule has 3 amide bonds. The van der Waals surface area contributed by atoms with Crippen LogP contribution in [0.25, 0.3) is 0 Å². The van der Waals surface area contributed by atoms with Crippen LogP contribution in [0.4, 0.5) is 0 Å². The number of rotatable bonds is 9. The summed E-state index contributed by atoms with van der Waals surface area (Å²) in [4.78, 5) is 59.1. The molecule has 0 bridgehead atoms. The Hall–Kier alpha value is -3.50. The molecule has 0 saturated carbocycles. The van der Waals surface area contributed by atoms with Gasteiger partial charge >= 0.3 is 5.97 Å². The molecule has 10 heteroatoms. The van der Waals surface area contributed by atoms with Gasteiger partial charge in [-0.3, -0.25) is 19.2 Å². The molecule has 5 rings (SSSR count). The van der Waals surface area contributed by atoms with Crippen LogP contribution in [0.1, 0.15) is 70.4 Å². The summed E-state index contributed by atoms with van der Waals surface area (Å²) in [5.74, 6) is -3.01. The molecule has 1 aromatic carbocycles. The van der Waals surface area contributed by atoms with Crippen molar-refractivity contribution in [2.45, 2.75) is 88.6 Å². The highest BCUT2D eigenvalue weighted by atomic mass is 16.5. The van der Waals surface area contributed by atoms with Crippen LogP contribution in [-0.2, 0) is 28.7 Å². The summed E-state index contributed by atoms with van der Waals surface area (Å²) in [6, 6.07) is 7.74. The molecule has 2 fully saturated rings. The van der Waals surface area contributed by atoms with Crippen molar-refractivity contribution < 1.29 is 33.8 Å². The van der Waals surface area contributed by atoms with E-state index in [4.69, 9.17) is 9.47 Å². The molecule has 0 aromatic heterocycles. The van der Waals surface area contributed by atoms with Gasteiger partial charge in [0.05, 0.1) is 24.0 Å². The third-order valence-corrected chi connectivity index (χ3v) is 9.39. The fraction of sp³-hybridized carbons (Fsp3) is 0.588. The third-order valence-electron chi connectivity index (χ3n) is 9.39. The van der Waals surface area contributed by atoms with E-state index in [9.17, 15) is 24.3 Å². The van der Waals surface area contributed by atoms with Crippen molar-refractivity contribution >= 4 is 23.7 Å². The average Bonchev–Trinajstić information content (AvgIpc) is 3.39. The van der Waals surface area contributed by atoms with E-state index in [1.54, 1.807) is 17.1 Å². The lowest BCUT2D eigenvalue weighted by Crippen LogP contribution is -2.56. The van der Waals surface area contributed by atoms with Crippen LogP contribution in [0, 0.1) is 11.8 Å². The van der Waals surface area contributed by atoms with Crippen molar-refractivity contribution in [3.05, 3.63) is 60.2 Å². The van der Waals surface area contributed by atoms with Crippen molar-refractivity contribution in [3.63, 3.8) is 0 Å². The van der Waals surface area contributed by atoms with Crippen molar-refractivity contribution in [2.75, 3.05) is 26.3 Å². The highest BCUT2D eigenvalue weighted by Gasteiger charge is 2.71. The summed E-state index contributed by atoms with van der Waals surface area (Å²) in [7, 11) is 0. The van der Waals surface area contributed by atoms with Crippen LogP contribution in [0.2, 0.25) is 0 Å². The van der Waals surface area contributed by atoms with Gasteiger partial charge in [-0.15, -0.1) is 0 Å². The molecule has 0 aliphatic carbocycles. The quantitative estimate of drug-likeness (QED) is 0.251. The Morgan fingerprint density at radius 1 is 1.07 bits per heavy atom. The summed E-state index contributed by atoms with van der Waals surface area (Å²) in [6.45, 7) is 4.86. The number of cyclic esters (lactones) is 1. The molecule has 2 N–H and O–H groups in total. The number of aliphatic hydroxyl groups is 1. The molecule has 4 aliphatic rings. The number of fused-ring (bicyclic) bond motifs is 2. The van der Waals surface area contributed by atoms with Crippen LogP contribution in [0.5, 0.6) is 0 Å². The minimum atomic E-state index is -1.32. The van der Waals surface area contributed by atoms with E-state index >= 15 is 0 Å². The number of benzene rings is 1. The zero-order valence-corrected chi connectivity index (χ0v) is 25.7. The topological polar surface area (TPSA) is 125 Å². The molecule has 4 heterocycles. The van der Waals surface area contributed by atoms with Gasteiger partial charge in [-0.2, -0.15) is 0 Å². The van der Waals surface area contributed by atoms with Gasteiger partial charge in [-0.05, 0) is 44.6 Å². The van der Waals surface area contributed by atoms with Gasteiger partial charge in [0.25, 0.3) is 0 Å². The van der Waals surface area contributed by atoms with Gasteiger partial charge in [-0.25, -0.2) is 0 Å². The molecular formula is C34H45N3O7. The maximum atomic E-state index is 14.5. The lowest BCUT2D eigenvalue weighted by molar-refractivity contribution is -0.149. The number of aliphatic hydroxyl groups excluding tert-OH is 1. The van der Waals surface area contributed by atoms with Crippen LogP contribution < -0.4 is 5.32 Å². The number of hydrogen-bond acceptors (Lipinski definition) is 7. The van der Waals surface area contributed by atoms with E-state index in [0.717, 1.165) is 18.4 Å². The van der Waals surface area contributed by atoms with Crippen LogP contribution >= 0.6 is 0 Å². The number of allylic oxidation sites excluding steroid dienone is 1. The van der Waals surface area contributed by atoms with Crippen molar-refractivity contribution in [2.24, 2.45) is 11.8 Å². The Morgan fingerprint density at radius 2 is 1.86 bits per heavy atom. The second-order valence-electron chi connectivity index (χ2n) is 12.3. The molecule has 10 nitrogen and oxygen atoms in total. The van der Waals surface area contributed by atoms with Crippen molar-refractivity contribution in [1.82, 2.24) is 15.1 Å². The van der Waals surface area contributed by atoms with Crippen LogP contribution in [-0.4, -0.2) is 88.7 Å². The van der Waals surface area contributed by atoms with Crippen LogP contribution in [0.15, 0.2) is 54.6 Å². The fourth-order valence-electron chi connectivity index (χ4n) is 7.24. The lowest BCUT2D eigenvalue weighted by atomic mass is 9.77. The zero-order chi connectivity index (χ0) is 31.3. The van der Waals surface area contributed by atoms with Gasteiger partial charge in [-0.1, -0.05) is 68.0 Å². The SMILES string of the molecule is CCCC(C)N1CC=C[C@@]23O[C@H]4/C=C\CCC(=O)OC[C@H](c5ccccc5)NC(=O)[C@H]4[C@@H]2C(=O)N(CCCCCO)[C@H]3C1=O. The van der Waals surface area contributed by atoms with Crippen molar-refractivity contribution in [1.29, 1.82) is 0 Å². The standard InChI is InChI=1S/C34H45N3O7/c1-3-13-23(2)36-20-12-18-34-29(32(41)37(30(34)33(36)42)19-10-5-11-21-38)28-26(44-34)16-8-9-17-27(39)43-22-25(35-31(28)40)24-14-6-4-7-15-24/h4,6-8,12,14-16,18,23,25-26,28-30,38H,3,5,9-11,13,17,19-22H2,1-2H3,(H,35,40)/b16-8-/t23?,25-,26+,28-,29-,30+,34-/m1/s1. The number of hydrogen-bond donors (Lipinski definition) is 2. The molecule has 7 atom stereocenters. The second kappa shape index (κ2) is 14.1. The average molecular weight is 608 g/mol. The van der Waals surface area contributed by atoms with E-state index in [-0.39, 0.29) is 49.4 Å². The highest BCUT2D eigenvalue weighted by Crippen LogP contribution is 2.53. The monoisotopic (exact) mass is 607 g/mol. The third kappa shape index (κ3) is 6.19. The fourth-order valence-corrected chi connectivity index (χ4v) is 7.24. The molecule has 4 aliphatic heterocycles. The first kappa shape index (κ1) is 31.9. The first-order valence-corrected chi connectivity index (χ1v) is 16.1. The number of carbonyl (C=O) groups excluding carboxylic acids is 4. The van der Waals surface area contributed by atoms with Crippen LogP contribution in [0.3, 0.4) is 0 Å². The summed E-state index contributed by atoms with van der Waals surface area (Å²) >= 11 is 0. The number of amides is 3. The molecule has 1 aromatic rings. The molecule has 1 spiro atoms.